The van der Waals surface area contributed by atoms with Gasteiger partial charge in [0.05, 0.1) is 17.8 Å². The van der Waals surface area contributed by atoms with Gasteiger partial charge in [0, 0.05) is 13.2 Å². The predicted molar refractivity (Wildman–Crippen MR) is 66.4 cm³/mol. The van der Waals surface area contributed by atoms with Crippen LogP contribution in [0.4, 0.5) is 0 Å². The third-order valence-corrected chi connectivity index (χ3v) is 2.83. The van der Waals surface area contributed by atoms with Crippen LogP contribution in [-0.2, 0) is 19.9 Å². The summed E-state index contributed by atoms with van der Waals surface area (Å²) in [5.74, 6) is 0.704. The van der Waals surface area contributed by atoms with Crippen molar-refractivity contribution in [2.24, 2.45) is 7.05 Å². The largest absolute Gasteiger partial charge is 0.495 e. The number of aryl methyl sites for hydroxylation is 3. The molecule has 0 fully saturated rings. The van der Waals surface area contributed by atoms with Gasteiger partial charge in [-0.2, -0.15) is 0 Å². The molecule has 4 nitrogen and oxygen atoms in total. The molecule has 0 aliphatic rings. The quantitative estimate of drug-likeness (QED) is 0.837. The van der Waals surface area contributed by atoms with Gasteiger partial charge in [-0.05, 0) is 30.5 Å². The normalized spacial score (nSPS) is 10.5. The molecule has 0 saturated heterocycles. The van der Waals surface area contributed by atoms with Crippen LogP contribution >= 0.6 is 11.6 Å². The van der Waals surface area contributed by atoms with E-state index in [9.17, 15) is 0 Å². The van der Waals surface area contributed by atoms with Crippen LogP contribution in [0.15, 0.2) is 24.4 Å². The Morgan fingerprint density at radius 2 is 2.18 bits per heavy atom. The van der Waals surface area contributed by atoms with Crippen molar-refractivity contribution < 1.29 is 4.74 Å². The van der Waals surface area contributed by atoms with Gasteiger partial charge >= 0.3 is 0 Å². The second-order valence-corrected chi connectivity index (χ2v) is 4.26. The van der Waals surface area contributed by atoms with Crippen molar-refractivity contribution in [3.05, 3.63) is 40.7 Å². The van der Waals surface area contributed by atoms with Crippen molar-refractivity contribution in [2.45, 2.75) is 12.8 Å². The monoisotopic (exact) mass is 251 g/mol. The first-order chi connectivity index (χ1) is 8.19. The van der Waals surface area contributed by atoms with Crippen molar-refractivity contribution >= 4 is 11.6 Å². The molecule has 5 heteroatoms. The Morgan fingerprint density at radius 1 is 1.35 bits per heavy atom. The molecule has 2 rings (SSSR count). The summed E-state index contributed by atoms with van der Waals surface area (Å²) >= 11 is 6.06. The zero-order valence-electron chi connectivity index (χ0n) is 9.85. The van der Waals surface area contributed by atoms with Crippen LogP contribution in [0, 0.1) is 0 Å². The number of methoxy groups -OCH3 is 1. The fraction of sp³-hybridized carbons (Fsp3) is 0.333. The van der Waals surface area contributed by atoms with Gasteiger partial charge in [0.1, 0.15) is 5.75 Å². The minimum atomic E-state index is 0.643. The van der Waals surface area contributed by atoms with Crippen LogP contribution in [-0.4, -0.2) is 22.1 Å². The lowest BCUT2D eigenvalue weighted by Gasteiger charge is -2.05. The average molecular weight is 252 g/mol. The van der Waals surface area contributed by atoms with Crippen molar-refractivity contribution in [2.75, 3.05) is 7.11 Å². The molecule has 1 heterocycles. The fourth-order valence-corrected chi connectivity index (χ4v) is 1.93. The highest BCUT2D eigenvalue weighted by molar-refractivity contribution is 6.32. The summed E-state index contributed by atoms with van der Waals surface area (Å²) in [4.78, 5) is 0. The van der Waals surface area contributed by atoms with Crippen LogP contribution in [0.1, 0.15) is 11.3 Å². The van der Waals surface area contributed by atoms with Gasteiger partial charge in [-0.3, -0.25) is 4.68 Å². The van der Waals surface area contributed by atoms with E-state index in [1.165, 1.54) is 5.56 Å². The van der Waals surface area contributed by atoms with Gasteiger partial charge in [-0.25, -0.2) is 0 Å². The molecule has 0 atom stereocenters. The van der Waals surface area contributed by atoms with Crippen molar-refractivity contribution in [1.82, 2.24) is 15.0 Å². The first-order valence-corrected chi connectivity index (χ1v) is 5.74. The first kappa shape index (κ1) is 11.9. The van der Waals surface area contributed by atoms with Crippen LogP contribution < -0.4 is 4.74 Å². The van der Waals surface area contributed by atoms with Crippen LogP contribution in [0.2, 0.25) is 5.02 Å². The maximum absolute atomic E-state index is 6.06. The van der Waals surface area contributed by atoms with E-state index in [1.54, 1.807) is 11.8 Å². The molecule has 2 aromatic rings. The van der Waals surface area contributed by atoms with Crippen molar-refractivity contribution in [3.8, 4) is 5.75 Å². The predicted octanol–water partition coefficient (Wildman–Crippen LogP) is 2.26. The molecule has 1 aromatic carbocycles. The van der Waals surface area contributed by atoms with Gasteiger partial charge in [-0.15, -0.1) is 5.10 Å². The second kappa shape index (κ2) is 5.19. The molecule has 1 aromatic heterocycles. The average Bonchev–Trinajstić information content (AvgIpc) is 2.73. The van der Waals surface area contributed by atoms with E-state index in [4.69, 9.17) is 16.3 Å². The minimum Gasteiger partial charge on any atom is -0.495 e. The maximum atomic E-state index is 6.06. The Hall–Kier alpha value is -1.55. The molecule has 0 amide bonds. The topological polar surface area (TPSA) is 39.9 Å². The second-order valence-electron chi connectivity index (χ2n) is 3.85. The van der Waals surface area contributed by atoms with E-state index in [0.29, 0.717) is 10.8 Å². The summed E-state index contributed by atoms with van der Waals surface area (Å²) in [6.07, 6.45) is 3.67. The van der Waals surface area contributed by atoms with Gasteiger partial charge in [0.2, 0.25) is 0 Å². The van der Waals surface area contributed by atoms with Gasteiger partial charge in [-0.1, -0.05) is 22.9 Å². The van der Waals surface area contributed by atoms with Crippen LogP contribution in [0.25, 0.3) is 0 Å². The summed E-state index contributed by atoms with van der Waals surface area (Å²) < 4.78 is 6.81. The number of hydrogen-bond donors (Lipinski definition) is 0. The van der Waals surface area contributed by atoms with Gasteiger partial charge in [0.25, 0.3) is 0 Å². The summed E-state index contributed by atoms with van der Waals surface area (Å²) in [5.41, 5.74) is 2.15. The van der Waals surface area contributed by atoms with E-state index in [-0.39, 0.29) is 0 Å². The number of halogens is 1. The molecular formula is C12H14ClN3O. The highest BCUT2D eigenvalue weighted by Gasteiger charge is 2.03. The van der Waals surface area contributed by atoms with Crippen molar-refractivity contribution in [1.29, 1.82) is 0 Å². The molecular weight excluding hydrogens is 238 g/mol. The summed E-state index contributed by atoms with van der Waals surface area (Å²) in [5, 5.41) is 8.58. The molecule has 0 aliphatic heterocycles. The van der Waals surface area contributed by atoms with E-state index >= 15 is 0 Å². The molecule has 0 N–H and O–H groups in total. The first-order valence-electron chi connectivity index (χ1n) is 5.36. The number of benzene rings is 1. The molecule has 90 valence electrons. The molecule has 0 radical (unpaired) electrons. The Labute approximate surface area is 105 Å². The molecule has 0 aliphatic carbocycles. The van der Waals surface area contributed by atoms with E-state index in [2.05, 4.69) is 10.3 Å². The third kappa shape index (κ3) is 2.97. The minimum absolute atomic E-state index is 0.643. The summed E-state index contributed by atoms with van der Waals surface area (Å²) in [6, 6.07) is 5.83. The zero-order valence-corrected chi connectivity index (χ0v) is 10.6. The molecule has 0 bridgehead atoms. The molecule has 0 unspecified atom stereocenters. The highest BCUT2D eigenvalue weighted by Crippen LogP contribution is 2.25. The van der Waals surface area contributed by atoms with Crippen LogP contribution in [0.5, 0.6) is 5.75 Å². The van der Waals surface area contributed by atoms with Crippen molar-refractivity contribution in [3.63, 3.8) is 0 Å². The standard InChI is InChI=1S/C12H14ClN3O/c1-16-8-10(14-15-16)5-3-9-4-6-12(17-2)11(13)7-9/h4,6-8H,3,5H2,1-2H3. The fourth-order valence-electron chi connectivity index (χ4n) is 1.65. The third-order valence-electron chi connectivity index (χ3n) is 2.54. The Bertz CT molecular complexity index is 510. The molecule has 0 spiro atoms. The SMILES string of the molecule is COc1ccc(CCc2cn(C)nn2)cc1Cl. The smallest absolute Gasteiger partial charge is 0.137 e. The highest BCUT2D eigenvalue weighted by atomic mass is 35.5. The van der Waals surface area contributed by atoms with Crippen LogP contribution in [0.3, 0.4) is 0 Å². The van der Waals surface area contributed by atoms with E-state index in [1.807, 2.05) is 31.4 Å². The molecule has 17 heavy (non-hydrogen) atoms. The lowest BCUT2D eigenvalue weighted by atomic mass is 10.1. The number of nitrogens with zero attached hydrogens (tertiary/aromatic N) is 3. The Balaban J connectivity index is 2.02. The zero-order chi connectivity index (χ0) is 12.3. The summed E-state index contributed by atoms with van der Waals surface area (Å²) in [7, 11) is 3.47. The van der Waals surface area contributed by atoms with E-state index in [0.717, 1.165) is 18.5 Å². The maximum Gasteiger partial charge on any atom is 0.137 e. The number of hydrogen-bond acceptors (Lipinski definition) is 3. The van der Waals surface area contributed by atoms with Gasteiger partial charge in [0.15, 0.2) is 0 Å². The lowest BCUT2D eigenvalue weighted by Crippen LogP contribution is -1.93. The Kier molecular flexibility index (Phi) is 3.64. The number of ether oxygens (including phenoxy) is 1. The van der Waals surface area contributed by atoms with E-state index < -0.39 is 0 Å². The number of aromatic nitrogens is 3. The Morgan fingerprint density at radius 3 is 2.76 bits per heavy atom. The lowest BCUT2D eigenvalue weighted by molar-refractivity contribution is 0.415. The van der Waals surface area contributed by atoms with Gasteiger partial charge < -0.3 is 4.74 Å². The molecule has 0 saturated carbocycles. The number of rotatable bonds is 4. The summed E-state index contributed by atoms with van der Waals surface area (Å²) in [6.45, 7) is 0.